The van der Waals surface area contributed by atoms with E-state index in [1.165, 1.54) is 23.4 Å². The minimum absolute atomic E-state index is 0.0563. The predicted octanol–water partition coefficient (Wildman–Crippen LogP) is 3.44. The molecule has 4 heterocycles. The molecule has 164 valence electrons. The fourth-order valence-electron chi connectivity index (χ4n) is 4.28. The monoisotopic (exact) mass is 432 g/mol. The van der Waals surface area contributed by atoms with Gasteiger partial charge >= 0.3 is 0 Å². The number of imidazole rings is 1. The van der Waals surface area contributed by atoms with Crippen molar-refractivity contribution in [3.63, 3.8) is 0 Å². The van der Waals surface area contributed by atoms with E-state index in [2.05, 4.69) is 44.8 Å². The number of pyridine rings is 1. The van der Waals surface area contributed by atoms with E-state index in [-0.39, 0.29) is 11.7 Å². The van der Waals surface area contributed by atoms with Crippen LogP contribution in [-0.4, -0.2) is 61.5 Å². The Morgan fingerprint density at radius 3 is 2.59 bits per heavy atom. The lowest BCUT2D eigenvalue weighted by Gasteiger charge is -2.34. The summed E-state index contributed by atoms with van der Waals surface area (Å²) in [6.07, 6.45) is 3.63. The van der Waals surface area contributed by atoms with Gasteiger partial charge in [-0.1, -0.05) is 0 Å². The number of nitrogens with zero attached hydrogens (tertiary/aromatic N) is 5. The van der Waals surface area contributed by atoms with Crippen LogP contribution < -0.4 is 0 Å². The fraction of sp³-hybridized carbons (Fsp3) is 0.292. The molecule has 1 aliphatic rings. The SMILES string of the molecule is Cc1ccn2c(CN3CCN(C(=O)c4cn[nH]c4-c4ccc(F)cc4)CC3)c(C)nc2c1. The van der Waals surface area contributed by atoms with Crippen LogP contribution in [0.4, 0.5) is 4.39 Å². The fourth-order valence-corrected chi connectivity index (χ4v) is 4.28. The number of aryl methyl sites for hydroxylation is 2. The maximum atomic E-state index is 13.3. The number of nitrogens with one attached hydrogen (secondary N) is 1. The van der Waals surface area contributed by atoms with Crippen LogP contribution in [0.15, 0.2) is 48.8 Å². The normalized spacial score (nSPS) is 14.9. The molecule has 1 saturated heterocycles. The second-order valence-corrected chi connectivity index (χ2v) is 8.31. The third-order valence-corrected chi connectivity index (χ3v) is 6.12. The number of benzene rings is 1. The van der Waals surface area contributed by atoms with Crippen molar-refractivity contribution in [3.05, 3.63) is 77.1 Å². The minimum atomic E-state index is -0.311. The Morgan fingerprint density at radius 1 is 1.09 bits per heavy atom. The number of halogens is 1. The Hall–Kier alpha value is -3.52. The molecule has 32 heavy (non-hydrogen) atoms. The van der Waals surface area contributed by atoms with Gasteiger partial charge < -0.3 is 9.30 Å². The van der Waals surface area contributed by atoms with Gasteiger partial charge in [0.15, 0.2) is 0 Å². The number of carbonyl (C=O) groups is 1. The highest BCUT2D eigenvalue weighted by Crippen LogP contribution is 2.23. The van der Waals surface area contributed by atoms with Crippen molar-refractivity contribution in [2.45, 2.75) is 20.4 Å². The summed E-state index contributed by atoms with van der Waals surface area (Å²) in [5.41, 5.74) is 6.26. The molecule has 8 heteroatoms. The Labute approximate surface area is 185 Å². The van der Waals surface area contributed by atoms with E-state index in [1.54, 1.807) is 18.3 Å². The summed E-state index contributed by atoms with van der Waals surface area (Å²) in [6.45, 7) is 7.77. The van der Waals surface area contributed by atoms with Crippen molar-refractivity contribution in [1.82, 2.24) is 29.4 Å². The third-order valence-electron chi connectivity index (χ3n) is 6.12. The molecular weight excluding hydrogens is 407 g/mol. The topological polar surface area (TPSA) is 69.5 Å². The van der Waals surface area contributed by atoms with E-state index in [0.717, 1.165) is 36.5 Å². The summed E-state index contributed by atoms with van der Waals surface area (Å²) in [5, 5.41) is 6.95. The summed E-state index contributed by atoms with van der Waals surface area (Å²) >= 11 is 0. The Morgan fingerprint density at radius 2 is 1.84 bits per heavy atom. The van der Waals surface area contributed by atoms with Crippen molar-refractivity contribution in [2.24, 2.45) is 0 Å². The first kappa shape index (κ1) is 20.4. The van der Waals surface area contributed by atoms with E-state index in [0.29, 0.717) is 24.3 Å². The lowest BCUT2D eigenvalue weighted by Crippen LogP contribution is -2.48. The molecule has 5 rings (SSSR count). The van der Waals surface area contributed by atoms with Crippen molar-refractivity contribution >= 4 is 11.6 Å². The van der Waals surface area contributed by atoms with E-state index < -0.39 is 0 Å². The Balaban J connectivity index is 1.27. The number of aromatic amines is 1. The average molecular weight is 433 g/mol. The second-order valence-electron chi connectivity index (χ2n) is 8.31. The molecule has 1 fully saturated rings. The number of carbonyl (C=O) groups excluding carboxylic acids is 1. The average Bonchev–Trinajstić information content (AvgIpc) is 3.39. The van der Waals surface area contributed by atoms with E-state index in [1.807, 2.05) is 11.8 Å². The number of piperazine rings is 1. The first-order valence-corrected chi connectivity index (χ1v) is 10.7. The van der Waals surface area contributed by atoms with Gasteiger partial charge in [0.2, 0.25) is 0 Å². The lowest BCUT2D eigenvalue weighted by molar-refractivity contribution is 0.0627. The number of amides is 1. The number of hydrogen-bond donors (Lipinski definition) is 1. The largest absolute Gasteiger partial charge is 0.336 e. The third kappa shape index (κ3) is 3.78. The van der Waals surface area contributed by atoms with Crippen molar-refractivity contribution in [1.29, 1.82) is 0 Å². The van der Waals surface area contributed by atoms with E-state index in [4.69, 9.17) is 4.98 Å². The number of H-pyrrole nitrogens is 1. The van der Waals surface area contributed by atoms with E-state index >= 15 is 0 Å². The van der Waals surface area contributed by atoms with Crippen molar-refractivity contribution in [2.75, 3.05) is 26.2 Å². The first-order chi connectivity index (χ1) is 15.5. The number of fused-ring (bicyclic) bond motifs is 1. The first-order valence-electron chi connectivity index (χ1n) is 10.7. The van der Waals surface area contributed by atoms with Gasteiger partial charge in [-0.25, -0.2) is 9.37 Å². The maximum absolute atomic E-state index is 13.3. The quantitative estimate of drug-likeness (QED) is 0.536. The zero-order valence-corrected chi connectivity index (χ0v) is 18.2. The van der Waals surface area contributed by atoms with Crippen LogP contribution in [0.3, 0.4) is 0 Å². The number of aromatic nitrogens is 4. The summed E-state index contributed by atoms with van der Waals surface area (Å²) in [7, 11) is 0. The minimum Gasteiger partial charge on any atom is -0.336 e. The van der Waals surface area contributed by atoms with Crippen LogP contribution in [0.1, 0.15) is 27.3 Å². The van der Waals surface area contributed by atoms with E-state index in [9.17, 15) is 9.18 Å². The van der Waals surface area contributed by atoms with Crippen LogP contribution in [0.25, 0.3) is 16.9 Å². The van der Waals surface area contributed by atoms with Gasteiger partial charge in [-0.3, -0.25) is 14.8 Å². The molecule has 3 aromatic heterocycles. The maximum Gasteiger partial charge on any atom is 0.257 e. The highest BCUT2D eigenvalue weighted by molar-refractivity contribution is 5.99. The molecule has 0 saturated carbocycles. The molecule has 4 aromatic rings. The second kappa shape index (κ2) is 8.20. The zero-order valence-electron chi connectivity index (χ0n) is 18.2. The molecular formula is C24H25FN6O. The molecule has 1 aromatic carbocycles. The van der Waals surface area contributed by atoms with Crippen LogP contribution in [-0.2, 0) is 6.54 Å². The molecule has 0 bridgehead atoms. The van der Waals surface area contributed by atoms with Gasteiger partial charge in [-0.05, 0) is 55.8 Å². The predicted molar refractivity (Wildman–Crippen MR) is 120 cm³/mol. The number of hydrogen-bond acceptors (Lipinski definition) is 4. The smallest absolute Gasteiger partial charge is 0.257 e. The van der Waals surface area contributed by atoms with Crippen molar-refractivity contribution in [3.8, 4) is 11.3 Å². The molecule has 1 aliphatic heterocycles. The summed E-state index contributed by atoms with van der Waals surface area (Å²) in [4.78, 5) is 22.1. The molecule has 7 nitrogen and oxygen atoms in total. The summed E-state index contributed by atoms with van der Waals surface area (Å²) in [5.74, 6) is -0.368. The molecule has 0 unspecified atom stereocenters. The van der Waals surface area contributed by atoms with Crippen molar-refractivity contribution < 1.29 is 9.18 Å². The van der Waals surface area contributed by atoms with Gasteiger partial charge in [0, 0.05) is 44.5 Å². The van der Waals surface area contributed by atoms with Crippen LogP contribution in [0, 0.1) is 19.7 Å². The van der Waals surface area contributed by atoms with Crippen LogP contribution in [0.2, 0.25) is 0 Å². The highest BCUT2D eigenvalue weighted by Gasteiger charge is 2.26. The van der Waals surface area contributed by atoms with Crippen LogP contribution >= 0.6 is 0 Å². The molecule has 0 atom stereocenters. The van der Waals surface area contributed by atoms with Crippen LogP contribution in [0.5, 0.6) is 0 Å². The van der Waals surface area contributed by atoms with Gasteiger partial charge in [-0.2, -0.15) is 5.10 Å². The standard InChI is InChI=1S/C24H25FN6O/c1-16-7-8-31-21(17(2)27-22(31)13-16)15-29-9-11-30(12-10-29)24(32)20-14-26-28-23(20)18-3-5-19(25)6-4-18/h3-8,13-14H,9-12,15H2,1-2H3,(H,26,28). The highest BCUT2D eigenvalue weighted by atomic mass is 19.1. The van der Waals surface area contributed by atoms with Gasteiger partial charge in [-0.15, -0.1) is 0 Å². The molecule has 0 radical (unpaired) electrons. The van der Waals surface area contributed by atoms with Gasteiger partial charge in [0.1, 0.15) is 11.5 Å². The van der Waals surface area contributed by atoms with Gasteiger partial charge in [0.05, 0.1) is 28.8 Å². The molecule has 1 amide bonds. The molecule has 1 N–H and O–H groups in total. The molecule has 0 aliphatic carbocycles. The lowest BCUT2D eigenvalue weighted by atomic mass is 10.1. The molecule has 0 spiro atoms. The summed E-state index contributed by atoms with van der Waals surface area (Å²) < 4.78 is 15.4. The Bertz CT molecular complexity index is 1270. The zero-order chi connectivity index (χ0) is 22.2. The Kier molecular flexibility index (Phi) is 5.22. The number of rotatable bonds is 4. The van der Waals surface area contributed by atoms with Gasteiger partial charge in [0.25, 0.3) is 5.91 Å². The summed E-state index contributed by atoms with van der Waals surface area (Å²) in [6, 6.07) is 10.3.